The molecule has 2 aliphatic rings. The molecular formula is C32H37FN4O3S. The second-order valence-corrected chi connectivity index (χ2v) is 11.1. The van der Waals surface area contributed by atoms with E-state index in [0.717, 1.165) is 23.5 Å². The molecule has 2 saturated heterocycles. The maximum atomic E-state index is 15.0. The molecule has 1 aromatic heterocycles. The summed E-state index contributed by atoms with van der Waals surface area (Å²) in [5.74, 6) is 0.265. The summed E-state index contributed by atoms with van der Waals surface area (Å²) in [6.45, 7) is 7.62. The molecule has 0 spiro atoms. The van der Waals surface area contributed by atoms with Crippen molar-refractivity contribution in [3.8, 4) is 5.75 Å². The van der Waals surface area contributed by atoms with Crippen LogP contribution in [0.4, 0.5) is 4.39 Å². The third kappa shape index (κ3) is 8.90. The van der Waals surface area contributed by atoms with Crippen molar-refractivity contribution in [2.24, 2.45) is 0 Å². The molecule has 3 heterocycles. The largest absolute Gasteiger partial charge is 0.490 e. The van der Waals surface area contributed by atoms with Crippen molar-refractivity contribution < 1.29 is 18.7 Å². The Balaban J connectivity index is 1.25. The van der Waals surface area contributed by atoms with Crippen molar-refractivity contribution in [2.75, 3.05) is 26.2 Å². The van der Waals surface area contributed by atoms with Crippen LogP contribution in [0, 0.1) is 0 Å². The number of carbonyl (C=O) groups excluding carboxylic acids is 2. The highest BCUT2D eigenvalue weighted by Crippen LogP contribution is 2.28. The fourth-order valence-corrected chi connectivity index (χ4v) is 5.67. The first-order valence-electron chi connectivity index (χ1n) is 13.9. The second-order valence-electron chi connectivity index (χ2n) is 9.91. The number of aromatic nitrogens is 1. The standard InChI is InChI=1S/C32H37FN4O3S/c1-3-5-12-27(13-6-4-2)41-37-21-18-29(28(33)23-37)35-31(38)24-14-15-30(34-22-24)32(39)36-19-16-26(17-20-36)40-25-10-8-7-9-11-25/h3-15,22,26,28-29H,1,16-21,23H2,2H3,(H,35,38)/b6-4-,12-5-,27-13+/t28-,29+/m0/s1. The van der Waals surface area contributed by atoms with Crippen LogP contribution in [0.1, 0.15) is 47.0 Å². The molecule has 2 fully saturated rings. The van der Waals surface area contributed by atoms with E-state index in [-0.39, 0.29) is 24.2 Å². The molecule has 2 aliphatic heterocycles. The molecule has 9 heteroatoms. The lowest BCUT2D eigenvalue weighted by molar-refractivity contribution is 0.0589. The number of alkyl halides is 1. The molecule has 4 rings (SSSR count). The van der Waals surface area contributed by atoms with Gasteiger partial charge in [0.25, 0.3) is 11.8 Å². The number of hydrogen-bond acceptors (Lipinski definition) is 6. The van der Waals surface area contributed by atoms with Gasteiger partial charge in [-0.3, -0.25) is 14.6 Å². The Morgan fingerprint density at radius 1 is 1.10 bits per heavy atom. The Hall–Kier alpha value is -3.69. The lowest BCUT2D eigenvalue weighted by atomic mass is 10.0. The summed E-state index contributed by atoms with van der Waals surface area (Å²) in [5, 5.41) is 2.81. The zero-order valence-corrected chi connectivity index (χ0v) is 24.1. The average Bonchev–Trinajstić information content (AvgIpc) is 3.00. The number of hydrogen-bond donors (Lipinski definition) is 1. The highest BCUT2D eigenvalue weighted by atomic mass is 32.2. The topological polar surface area (TPSA) is 74.8 Å². The lowest BCUT2D eigenvalue weighted by Gasteiger charge is -2.34. The van der Waals surface area contributed by atoms with Gasteiger partial charge in [-0.2, -0.15) is 0 Å². The van der Waals surface area contributed by atoms with Gasteiger partial charge >= 0.3 is 0 Å². The second kappa shape index (κ2) is 15.3. The molecule has 2 aromatic rings. The minimum Gasteiger partial charge on any atom is -0.490 e. The van der Waals surface area contributed by atoms with Crippen molar-refractivity contribution in [1.29, 1.82) is 0 Å². The average molecular weight is 577 g/mol. The molecule has 216 valence electrons. The van der Waals surface area contributed by atoms with Crippen molar-refractivity contribution in [2.45, 2.75) is 44.5 Å². The Morgan fingerprint density at radius 2 is 1.88 bits per heavy atom. The van der Waals surface area contributed by atoms with Gasteiger partial charge in [-0.05, 0) is 61.7 Å². The van der Waals surface area contributed by atoms with E-state index in [4.69, 9.17) is 4.74 Å². The number of ether oxygens (including phenoxy) is 1. The van der Waals surface area contributed by atoms with E-state index in [1.165, 1.54) is 18.1 Å². The molecule has 41 heavy (non-hydrogen) atoms. The van der Waals surface area contributed by atoms with Gasteiger partial charge in [-0.1, -0.05) is 49.1 Å². The van der Waals surface area contributed by atoms with Crippen LogP contribution in [0.5, 0.6) is 5.75 Å². The van der Waals surface area contributed by atoms with E-state index in [2.05, 4.69) is 16.9 Å². The zero-order chi connectivity index (χ0) is 29.0. The number of likely N-dealkylation sites (tertiary alicyclic amines) is 1. The van der Waals surface area contributed by atoms with Gasteiger partial charge in [0.2, 0.25) is 0 Å². The van der Waals surface area contributed by atoms with Gasteiger partial charge in [0.15, 0.2) is 0 Å². The number of rotatable bonds is 10. The van der Waals surface area contributed by atoms with Crippen molar-refractivity contribution >= 4 is 23.8 Å². The van der Waals surface area contributed by atoms with Gasteiger partial charge in [-0.15, -0.1) is 0 Å². The predicted octanol–water partition coefficient (Wildman–Crippen LogP) is 5.76. The molecule has 2 atom stereocenters. The van der Waals surface area contributed by atoms with Gasteiger partial charge < -0.3 is 15.0 Å². The molecule has 0 unspecified atom stereocenters. The van der Waals surface area contributed by atoms with E-state index < -0.39 is 18.1 Å². The summed E-state index contributed by atoms with van der Waals surface area (Å²) in [7, 11) is 0. The van der Waals surface area contributed by atoms with Crippen molar-refractivity contribution in [3.63, 3.8) is 0 Å². The molecule has 1 aromatic carbocycles. The van der Waals surface area contributed by atoms with Crippen LogP contribution in [0.15, 0.2) is 96.6 Å². The van der Waals surface area contributed by atoms with Crippen LogP contribution in [0.2, 0.25) is 0 Å². The predicted molar refractivity (Wildman–Crippen MR) is 162 cm³/mol. The number of carbonyl (C=O) groups is 2. The van der Waals surface area contributed by atoms with Crippen molar-refractivity contribution in [3.05, 3.63) is 108 Å². The van der Waals surface area contributed by atoms with Gasteiger partial charge in [0.1, 0.15) is 23.7 Å². The minimum absolute atomic E-state index is 0.0658. The van der Waals surface area contributed by atoms with Crippen LogP contribution in [0.3, 0.4) is 0 Å². The Bertz CT molecular complexity index is 1260. The molecule has 0 aliphatic carbocycles. The van der Waals surface area contributed by atoms with Crippen LogP contribution in [-0.4, -0.2) is 70.5 Å². The van der Waals surface area contributed by atoms with E-state index in [1.807, 2.05) is 71.9 Å². The van der Waals surface area contributed by atoms with Crippen LogP contribution in [0.25, 0.3) is 0 Å². The first-order valence-corrected chi connectivity index (χ1v) is 14.7. The minimum atomic E-state index is -1.21. The van der Waals surface area contributed by atoms with E-state index in [1.54, 1.807) is 23.1 Å². The fraction of sp³-hybridized carbons (Fsp3) is 0.344. The number of piperidine rings is 2. The molecule has 0 bridgehead atoms. The SMILES string of the molecule is C=C\C=C/C(=C\C=C/C)SN1CC[C@@H](NC(=O)c2ccc(C(=O)N3CCC(Oc4ccccc4)CC3)nc2)[C@@H](F)C1. The Morgan fingerprint density at radius 3 is 2.54 bits per heavy atom. The van der Waals surface area contributed by atoms with Crippen LogP contribution < -0.4 is 10.1 Å². The monoisotopic (exact) mass is 576 g/mol. The Labute approximate surface area is 246 Å². The number of nitrogens with zero attached hydrogens (tertiary/aromatic N) is 3. The number of amides is 2. The van der Waals surface area contributed by atoms with Crippen LogP contribution in [-0.2, 0) is 0 Å². The highest BCUT2D eigenvalue weighted by molar-refractivity contribution is 8.01. The summed E-state index contributed by atoms with van der Waals surface area (Å²) in [4.78, 5) is 32.8. The van der Waals surface area contributed by atoms with E-state index in [9.17, 15) is 9.59 Å². The summed E-state index contributed by atoms with van der Waals surface area (Å²) in [5.41, 5.74) is 0.580. The molecular weight excluding hydrogens is 539 g/mol. The number of para-hydroxylation sites is 1. The quantitative estimate of drug-likeness (QED) is 0.287. The lowest BCUT2D eigenvalue weighted by Crippen LogP contribution is -2.50. The maximum absolute atomic E-state index is 15.0. The smallest absolute Gasteiger partial charge is 0.272 e. The van der Waals surface area contributed by atoms with E-state index >= 15 is 4.39 Å². The first-order chi connectivity index (χ1) is 20.0. The number of halogens is 1. The third-order valence-electron chi connectivity index (χ3n) is 6.92. The maximum Gasteiger partial charge on any atom is 0.272 e. The molecule has 0 radical (unpaired) electrons. The summed E-state index contributed by atoms with van der Waals surface area (Å²) in [6, 6.07) is 12.2. The number of pyridine rings is 1. The molecule has 1 N–H and O–H groups in total. The normalized spacial score (nSPS) is 20.8. The van der Waals surface area contributed by atoms with E-state index in [0.29, 0.717) is 31.6 Å². The number of nitrogens with one attached hydrogen (secondary N) is 1. The third-order valence-corrected chi connectivity index (χ3v) is 8.00. The molecule has 2 amide bonds. The first kappa shape index (κ1) is 30.3. The van der Waals surface area contributed by atoms with Crippen molar-refractivity contribution in [1.82, 2.24) is 19.5 Å². The summed E-state index contributed by atoms with van der Waals surface area (Å²) < 4.78 is 23.0. The summed E-state index contributed by atoms with van der Waals surface area (Å²) >= 11 is 1.49. The number of allylic oxidation sites excluding steroid dienone is 6. The number of benzene rings is 1. The summed E-state index contributed by atoms with van der Waals surface area (Å²) in [6.07, 6.45) is 13.5. The molecule has 7 nitrogen and oxygen atoms in total. The zero-order valence-electron chi connectivity index (χ0n) is 23.3. The van der Waals surface area contributed by atoms with Gasteiger partial charge in [-0.25, -0.2) is 8.70 Å². The van der Waals surface area contributed by atoms with Gasteiger partial charge in [0.05, 0.1) is 11.6 Å². The fourth-order valence-electron chi connectivity index (χ4n) is 4.68. The van der Waals surface area contributed by atoms with Gasteiger partial charge in [0, 0.05) is 50.1 Å². The Kier molecular flexibility index (Phi) is 11.3. The highest BCUT2D eigenvalue weighted by Gasteiger charge is 2.31. The van der Waals surface area contributed by atoms with Crippen LogP contribution >= 0.6 is 11.9 Å². The molecule has 0 saturated carbocycles.